The van der Waals surface area contributed by atoms with Crippen molar-refractivity contribution < 1.29 is 0 Å². The van der Waals surface area contributed by atoms with Crippen molar-refractivity contribution in [2.45, 2.75) is 32.2 Å². The van der Waals surface area contributed by atoms with Crippen molar-refractivity contribution in [1.82, 2.24) is 4.98 Å². The summed E-state index contributed by atoms with van der Waals surface area (Å²) in [4.78, 5) is 6.05. The lowest BCUT2D eigenvalue weighted by atomic mass is 9.99. The highest BCUT2D eigenvalue weighted by Gasteiger charge is 2.21. The molecule has 0 aliphatic heterocycles. The molecule has 3 rings (SSSR count). The Morgan fingerprint density at radius 3 is 3.06 bits per heavy atom. The fourth-order valence-electron chi connectivity index (χ4n) is 2.35. The smallest absolute Gasteiger partial charge is 0.123 e. The lowest BCUT2D eigenvalue weighted by molar-refractivity contribution is 0.573. The van der Waals surface area contributed by atoms with Gasteiger partial charge < -0.3 is 5.73 Å². The molecule has 1 atom stereocenters. The van der Waals surface area contributed by atoms with Crippen molar-refractivity contribution in [3.63, 3.8) is 0 Å². The van der Waals surface area contributed by atoms with Crippen LogP contribution in [0.3, 0.4) is 0 Å². The summed E-state index contributed by atoms with van der Waals surface area (Å²) in [7, 11) is 0. The highest BCUT2D eigenvalue weighted by atomic mass is 32.1. The van der Waals surface area contributed by atoms with Gasteiger partial charge >= 0.3 is 0 Å². The average Bonchev–Trinajstić information content (AvgIpc) is 2.74. The number of aromatic nitrogens is 1. The van der Waals surface area contributed by atoms with E-state index >= 15 is 0 Å². The zero-order chi connectivity index (χ0) is 11.8. The molecule has 2 nitrogen and oxygen atoms in total. The predicted molar refractivity (Wildman–Crippen MR) is 72.2 cm³/mol. The van der Waals surface area contributed by atoms with Crippen LogP contribution in [0.2, 0.25) is 0 Å². The van der Waals surface area contributed by atoms with Gasteiger partial charge in [-0.05, 0) is 32.3 Å². The van der Waals surface area contributed by atoms with E-state index in [1.165, 1.54) is 28.1 Å². The third-order valence-corrected chi connectivity index (χ3v) is 4.54. The van der Waals surface area contributed by atoms with E-state index in [1.54, 1.807) is 11.3 Å². The monoisotopic (exact) mass is 244 g/mol. The minimum Gasteiger partial charge on any atom is -0.323 e. The molecule has 0 bridgehead atoms. The summed E-state index contributed by atoms with van der Waals surface area (Å²) in [5.41, 5.74) is 9.86. The van der Waals surface area contributed by atoms with Crippen LogP contribution in [0.4, 0.5) is 0 Å². The molecule has 1 aromatic carbocycles. The van der Waals surface area contributed by atoms with Crippen molar-refractivity contribution in [3.8, 4) is 10.6 Å². The van der Waals surface area contributed by atoms with Gasteiger partial charge in [0.1, 0.15) is 5.01 Å². The van der Waals surface area contributed by atoms with E-state index in [9.17, 15) is 0 Å². The van der Waals surface area contributed by atoms with E-state index in [0.29, 0.717) is 0 Å². The number of benzene rings is 1. The number of aryl methyl sites for hydroxylation is 2. The number of fused-ring (bicyclic) bond motifs is 1. The summed E-state index contributed by atoms with van der Waals surface area (Å²) in [6.07, 6.45) is 3.36. The van der Waals surface area contributed by atoms with Gasteiger partial charge in [-0.3, -0.25) is 0 Å². The molecular formula is C14H16N2S. The minimum absolute atomic E-state index is 0.204. The van der Waals surface area contributed by atoms with Crippen LogP contribution >= 0.6 is 11.3 Å². The maximum absolute atomic E-state index is 6.14. The standard InChI is InChI=1S/C14H16N2S/c1-9-4-2-5-10(8-9)14-16-12-7-3-6-11(15)13(12)17-14/h2,4-5,8,11H,3,6-7,15H2,1H3. The van der Waals surface area contributed by atoms with E-state index in [1.807, 2.05) is 0 Å². The summed E-state index contributed by atoms with van der Waals surface area (Å²) >= 11 is 1.77. The first-order valence-electron chi connectivity index (χ1n) is 6.06. The maximum atomic E-state index is 6.14. The molecule has 0 amide bonds. The normalized spacial score (nSPS) is 19.1. The summed E-state index contributed by atoms with van der Waals surface area (Å²) in [5, 5.41) is 1.12. The second kappa shape index (κ2) is 4.24. The van der Waals surface area contributed by atoms with E-state index < -0.39 is 0 Å². The average molecular weight is 244 g/mol. The number of rotatable bonds is 1. The number of hydrogen-bond donors (Lipinski definition) is 1. The third-order valence-electron chi connectivity index (χ3n) is 3.26. The Balaban J connectivity index is 2.05. The lowest BCUT2D eigenvalue weighted by Crippen LogP contribution is -2.15. The molecule has 2 aromatic rings. The van der Waals surface area contributed by atoms with Crippen molar-refractivity contribution in [3.05, 3.63) is 40.4 Å². The first-order chi connectivity index (χ1) is 8.24. The van der Waals surface area contributed by atoms with E-state index in [2.05, 4.69) is 31.2 Å². The first kappa shape index (κ1) is 10.9. The molecular weight excluding hydrogens is 228 g/mol. The Labute approximate surface area is 106 Å². The zero-order valence-corrected chi connectivity index (χ0v) is 10.8. The number of nitrogens with zero attached hydrogens (tertiary/aromatic N) is 1. The lowest BCUT2D eigenvalue weighted by Gasteiger charge is -2.15. The number of hydrogen-bond acceptors (Lipinski definition) is 3. The van der Waals surface area contributed by atoms with Gasteiger partial charge in [0, 0.05) is 16.5 Å². The second-order valence-corrected chi connectivity index (χ2v) is 5.73. The molecule has 17 heavy (non-hydrogen) atoms. The van der Waals surface area contributed by atoms with Gasteiger partial charge in [0.05, 0.1) is 5.69 Å². The van der Waals surface area contributed by atoms with Gasteiger partial charge in [-0.1, -0.05) is 23.8 Å². The van der Waals surface area contributed by atoms with Crippen LogP contribution in [0.5, 0.6) is 0 Å². The van der Waals surface area contributed by atoms with Crippen LogP contribution in [0.1, 0.15) is 35.0 Å². The summed E-state index contributed by atoms with van der Waals surface area (Å²) in [6, 6.07) is 8.72. The molecule has 1 aromatic heterocycles. The Morgan fingerprint density at radius 1 is 1.41 bits per heavy atom. The van der Waals surface area contributed by atoms with Crippen LogP contribution in [0, 0.1) is 6.92 Å². The Hall–Kier alpha value is -1.19. The van der Waals surface area contributed by atoms with Crippen LogP contribution in [0.15, 0.2) is 24.3 Å². The van der Waals surface area contributed by atoms with Crippen LogP contribution in [0.25, 0.3) is 10.6 Å². The number of thiazole rings is 1. The summed E-state index contributed by atoms with van der Waals surface area (Å²) in [6.45, 7) is 2.11. The van der Waals surface area contributed by atoms with Crippen molar-refractivity contribution in [1.29, 1.82) is 0 Å². The topological polar surface area (TPSA) is 38.9 Å². The van der Waals surface area contributed by atoms with E-state index in [4.69, 9.17) is 10.7 Å². The molecule has 1 unspecified atom stereocenters. The van der Waals surface area contributed by atoms with E-state index in [0.717, 1.165) is 17.8 Å². The molecule has 2 N–H and O–H groups in total. The van der Waals surface area contributed by atoms with Gasteiger partial charge in [-0.25, -0.2) is 4.98 Å². The molecule has 1 aliphatic carbocycles. The summed E-state index contributed by atoms with van der Waals surface area (Å²) < 4.78 is 0. The molecule has 0 radical (unpaired) electrons. The molecule has 0 saturated carbocycles. The maximum Gasteiger partial charge on any atom is 0.123 e. The molecule has 88 valence electrons. The van der Waals surface area contributed by atoms with Crippen molar-refractivity contribution >= 4 is 11.3 Å². The van der Waals surface area contributed by atoms with Crippen molar-refractivity contribution in [2.24, 2.45) is 5.73 Å². The second-order valence-electron chi connectivity index (χ2n) is 4.70. The Bertz CT molecular complexity index is 545. The molecule has 0 spiro atoms. The molecule has 3 heteroatoms. The van der Waals surface area contributed by atoms with Crippen LogP contribution in [-0.2, 0) is 6.42 Å². The van der Waals surface area contributed by atoms with Crippen molar-refractivity contribution in [2.75, 3.05) is 0 Å². The van der Waals surface area contributed by atoms with Gasteiger partial charge in [0.15, 0.2) is 0 Å². The fourth-order valence-corrected chi connectivity index (χ4v) is 3.50. The van der Waals surface area contributed by atoms with E-state index in [-0.39, 0.29) is 6.04 Å². The quantitative estimate of drug-likeness (QED) is 0.834. The van der Waals surface area contributed by atoms with Gasteiger partial charge in [-0.2, -0.15) is 0 Å². The number of nitrogens with two attached hydrogens (primary N) is 1. The van der Waals surface area contributed by atoms with Crippen LogP contribution in [-0.4, -0.2) is 4.98 Å². The highest BCUT2D eigenvalue weighted by Crippen LogP contribution is 2.36. The SMILES string of the molecule is Cc1cccc(-c2nc3c(s2)C(N)CCC3)c1. The highest BCUT2D eigenvalue weighted by molar-refractivity contribution is 7.15. The fraction of sp³-hybridized carbons (Fsp3) is 0.357. The predicted octanol–water partition coefficient (Wildman–Crippen LogP) is 3.45. The van der Waals surface area contributed by atoms with Gasteiger partial charge in [0.25, 0.3) is 0 Å². The Morgan fingerprint density at radius 2 is 2.29 bits per heavy atom. The van der Waals surface area contributed by atoms with Crippen LogP contribution < -0.4 is 5.73 Å². The molecule has 1 aliphatic rings. The first-order valence-corrected chi connectivity index (χ1v) is 6.88. The Kier molecular flexibility index (Phi) is 2.73. The molecule has 0 fully saturated rings. The molecule has 1 heterocycles. The minimum atomic E-state index is 0.204. The van der Waals surface area contributed by atoms with Gasteiger partial charge in [0.2, 0.25) is 0 Å². The summed E-state index contributed by atoms with van der Waals surface area (Å²) in [5.74, 6) is 0. The third kappa shape index (κ3) is 2.01. The molecule has 0 saturated heterocycles. The van der Waals surface area contributed by atoms with Gasteiger partial charge in [-0.15, -0.1) is 11.3 Å². The largest absolute Gasteiger partial charge is 0.323 e. The zero-order valence-electron chi connectivity index (χ0n) is 9.94.